The van der Waals surface area contributed by atoms with Gasteiger partial charge in [-0.25, -0.2) is 4.68 Å². The highest BCUT2D eigenvalue weighted by atomic mass is 19.4. The standard InChI is InChI=1S/C16H18F3N3/c1-3-12(4-2)11-20-15-10-14(16(17,18)19)21-22(15)13-8-6-5-7-9-13/h5-11,20H,3-4H2,1-2H3. The summed E-state index contributed by atoms with van der Waals surface area (Å²) in [5.74, 6) is 0.290. The molecule has 1 aromatic carbocycles. The van der Waals surface area contributed by atoms with Gasteiger partial charge in [-0.1, -0.05) is 37.6 Å². The molecule has 0 spiro atoms. The fraction of sp³-hybridized carbons (Fsp3) is 0.312. The van der Waals surface area contributed by atoms with Crippen molar-refractivity contribution in [2.24, 2.45) is 0 Å². The Morgan fingerprint density at radius 1 is 1.18 bits per heavy atom. The first kappa shape index (κ1) is 16.1. The molecule has 1 aromatic heterocycles. The molecular formula is C16H18F3N3. The lowest BCUT2D eigenvalue weighted by Gasteiger charge is -2.08. The number of halogens is 3. The van der Waals surface area contributed by atoms with Crippen LogP contribution in [0.15, 0.2) is 48.2 Å². The van der Waals surface area contributed by atoms with Gasteiger partial charge in [-0.05, 0) is 25.0 Å². The van der Waals surface area contributed by atoms with Gasteiger partial charge in [-0.15, -0.1) is 0 Å². The Labute approximate surface area is 127 Å². The lowest BCUT2D eigenvalue weighted by molar-refractivity contribution is -0.141. The molecule has 2 aromatic rings. The molecule has 3 nitrogen and oxygen atoms in total. The first-order valence-electron chi connectivity index (χ1n) is 7.12. The van der Waals surface area contributed by atoms with E-state index in [-0.39, 0.29) is 5.82 Å². The Balaban J connectivity index is 2.43. The molecule has 0 amide bonds. The van der Waals surface area contributed by atoms with E-state index in [4.69, 9.17) is 0 Å². The second kappa shape index (κ2) is 6.68. The van der Waals surface area contributed by atoms with Gasteiger partial charge in [-0.2, -0.15) is 18.3 Å². The second-order valence-electron chi connectivity index (χ2n) is 4.81. The number of hydrogen-bond donors (Lipinski definition) is 1. The fourth-order valence-electron chi connectivity index (χ4n) is 2.02. The SMILES string of the molecule is CCC(=CNc1cc(C(F)(F)F)nn1-c1ccccc1)CC. The van der Waals surface area contributed by atoms with Crippen molar-refractivity contribution in [2.75, 3.05) is 5.32 Å². The number of nitrogens with one attached hydrogen (secondary N) is 1. The lowest BCUT2D eigenvalue weighted by Crippen LogP contribution is -2.07. The normalized spacial score (nSPS) is 11.3. The van der Waals surface area contributed by atoms with E-state index in [2.05, 4.69) is 10.4 Å². The van der Waals surface area contributed by atoms with E-state index in [1.165, 1.54) is 4.68 Å². The summed E-state index contributed by atoms with van der Waals surface area (Å²) in [4.78, 5) is 0. The molecule has 6 heteroatoms. The van der Waals surface area contributed by atoms with Crippen LogP contribution in [0.25, 0.3) is 5.69 Å². The summed E-state index contributed by atoms with van der Waals surface area (Å²) in [5.41, 5.74) is 0.777. The molecule has 0 unspecified atom stereocenters. The van der Waals surface area contributed by atoms with Crippen molar-refractivity contribution in [3.8, 4) is 5.69 Å². The Bertz CT molecular complexity index is 636. The summed E-state index contributed by atoms with van der Waals surface area (Å²) < 4.78 is 40.0. The quantitative estimate of drug-likeness (QED) is 0.841. The molecule has 22 heavy (non-hydrogen) atoms. The number of para-hydroxylation sites is 1. The predicted octanol–water partition coefficient (Wildman–Crippen LogP) is 5.01. The third kappa shape index (κ3) is 3.69. The first-order chi connectivity index (χ1) is 10.5. The molecular weight excluding hydrogens is 291 g/mol. The van der Waals surface area contributed by atoms with Crippen LogP contribution in [0.2, 0.25) is 0 Å². The molecule has 0 atom stereocenters. The molecule has 1 N–H and O–H groups in total. The van der Waals surface area contributed by atoms with E-state index in [9.17, 15) is 13.2 Å². The summed E-state index contributed by atoms with van der Waals surface area (Å²) in [6.45, 7) is 4.01. The van der Waals surface area contributed by atoms with Crippen LogP contribution in [-0.4, -0.2) is 9.78 Å². The van der Waals surface area contributed by atoms with Crippen LogP contribution in [0.3, 0.4) is 0 Å². The maximum Gasteiger partial charge on any atom is 0.435 e. The van der Waals surface area contributed by atoms with Crippen LogP contribution in [0, 0.1) is 0 Å². The van der Waals surface area contributed by atoms with E-state index >= 15 is 0 Å². The topological polar surface area (TPSA) is 29.9 Å². The number of allylic oxidation sites excluding steroid dienone is 1. The Hall–Kier alpha value is -2.24. The molecule has 0 aliphatic carbocycles. The molecule has 0 bridgehead atoms. The largest absolute Gasteiger partial charge is 0.435 e. The van der Waals surface area contributed by atoms with Gasteiger partial charge in [0, 0.05) is 12.3 Å². The van der Waals surface area contributed by atoms with Crippen LogP contribution < -0.4 is 5.32 Å². The van der Waals surface area contributed by atoms with Gasteiger partial charge in [-0.3, -0.25) is 0 Å². The predicted molar refractivity (Wildman–Crippen MR) is 80.9 cm³/mol. The van der Waals surface area contributed by atoms with Gasteiger partial charge in [0.05, 0.1) is 5.69 Å². The lowest BCUT2D eigenvalue weighted by atomic mass is 10.2. The molecule has 0 fully saturated rings. The van der Waals surface area contributed by atoms with E-state index in [1.54, 1.807) is 36.5 Å². The van der Waals surface area contributed by atoms with Crippen molar-refractivity contribution in [3.63, 3.8) is 0 Å². The smallest absolute Gasteiger partial charge is 0.347 e. The minimum atomic E-state index is -4.47. The average molecular weight is 309 g/mol. The highest BCUT2D eigenvalue weighted by Crippen LogP contribution is 2.31. The fourth-order valence-corrected chi connectivity index (χ4v) is 2.02. The van der Waals surface area contributed by atoms with Crippen molar-refractivity contribution in [2.45, 2.75) is 32.9 Å². The summed E-state index contributed by atoms with van der Waals surface area (Å²) in [7, 11) is 0. The average Bonchev–Trinajstić information content (AvgIpc) is 2.93. The Morgan fingerprint density at radius 2 is 1.82 bits per heavy atom. The van der Waals surface area contributed by atoms with Crippen molar-refractivity contribution < 1.29 is 13.2 Å². The second-order valence-corrected chi connectivity index (χ2v) is 4.81. The van der Waals surface area contributed by atoms with Crippen LogP contribution in [-0.2, 0) is 6.18 Å². The number of rotatable bonds is 5. The monoisotopic (exact) mass is 309 g/mol. The summed E-state index contributed by atoms with van der Waals surface area (Å²) >= 11 is 0. The first-order valence-corrected chi connectivity index (χ1v) is 7.12. The maximum atomic E-state index is 12.9. The van der Waals surface area contributed by atoms with E-state index < -0.39 is 11.9 Å². The molecule has 1 heterocycles. The zero-order valence-corrected chi connectivity index (χ0v) is 12.5. The molecule has 0 saturated heterocycles. The van der Waals surface area contributed by atoms with Crippen molar-refractivity contribution >= 4 is 5.82 Å². The van der Waals surface area contributed by atoms with Crippen LogP contribution >= 0.6 is 0 Å². The van der Waals surface area contributed by atoms with E-state index in [1.807, 2.05) is 13.8 Å². The Kier molecular flexibility index (Phi) is 4.90. The third-order valence-corrected chi connectivity index (χ3v) is 3.33. The molecule has 118 valence electrons. The highest BCUT2D eigenvalue weighted by molar-refractivity contribution is 5.48. The molecule has 0 saturated carbocycles. The number of hydrogen-bond acceptors (Lipinski definition) is 2. The zero-order valence-electron chi connectivity index (χ0n) is 12.5. The van der Waals surface area contributed by atoms with Crippen molar-refractivity contribution in [3.05, 3.63) is 53.9 Å². The van der Waals surface area contributed by atoms with Gasteiger partial charge in [0.1, 0.15) is 5.82 Å². The van der Waals surface area contributed by atoms with Crippen molar-refractivity contribution in [1.29, 1.82) is 0 Å². The van der Waals surface area contributed by atoms with Crippen LogP contribution in [0.5, 0.6) is 0 Å². The van der Waals surface area contributed by atoms with Gasteiger partial charge in [0.15, 0.2) is 5.69 Å². The number of benzene rings is 1. The molecule has 2 rings (SSSR count). The molecule has 0 aliphatic heterocycles. The number of anilines is 1. The van der Waals surface area contributed by atoms with Crippen LogP contribution in [0.1, 0.15) is 32.4 Å². The summed E-state index contributed by atoms with van der Waals surface area (Å²) in [5, 5.41) is 6.63. The highest BCUT2D eigenvalue weighted by Gasteiger charge is 2.35. The van der Waals surface area contributed by atoms with Gasteiger partial charge in [0.25, 0.3) is 0 Å². The zero-order chi connectivity index (χ0) is 16.2. The van der Waals surface area contributed by atoms with Gasteiger partial charge in [0.2, 0.25) is 0 Å². The van der Waals surface area contributed by atoms with Gasteiger partial charge >= 0.3 is 6.18 Å². The van der Waals surface area contributed by atoms with Crippen molar-refractivity contribution in [1.82, 2.24) is 9.78 Å². The minimum Gasteiger partial charge on any atom is -0.347 e. The minimum absolute atomic E-state index is 0.290. The van der Waals surface area contributed by atoms with E-state index in [0.717, 1.165) is 24.5 Å². The van der Waals surface area contributed by atoms with Crippen LogP contribution in [0.4, 0.5) is 19.0 Å². The molecule has 0 aliphatic rings. The van der Waals surface area contributed by atoms with E-state index in [0.29, 0.717) is 5.69 Å². The summed E-state index contributed by atoms with van der Waals surface area (Å²) in [6, 6.07) is 9.76. The number of alkyl halides is 3. The number of aromatic nitrogens is 2. The third-order valence-electron chi connectivity index (χ3n) is 3.33. The number of nitrogens with zero attached hydrogens (tertiary/aromatic N) is 2. The Morgan fingerprint density at radius 3 is 2.36 bits per heavy atom. The van der Waals surface area contributed by atoms with Gasteiger partial charge < -0.3 is 5.32 Å². The molecule has 0 radical (unpaired) electrons. The summed E-state index contributed by atoms with van der Waals surface area (Å²) in [6.07, 6.45) is -1.04. The maximum absolute atomic E-state index is 12.9.